The van der Waals surface area contributed by atoms with Gasteiger partial charge in [-0.1, -0.05) is 51.3 Å². The number of alkyl halides is 1. The molecule has 1 unspecified atom stereocenters. The van der Waals surface area contributed by atoms with E-state index in [1.165, 1.54) is 0 Å². The summed E-state index contributed by atoms with van der Waals surface area (Å²) in [7, 11) is 1.63. The van der Waals surface area contributed by atoms with Crippen molar-refractivity contribution < 1.29 is 4.74 Å². The van der Waals surface area contributed by atoms with Crippen LogP contribution in [0.3, 0.4) is 0 Å². The Morgan fingerprint density at radius 2 is 1.85 bits per heavy atom. The van der Waals surface area contributed by atoms with Crippen LogP contribution in [0.25, 0.3) is 0 Å². The van der Waals surface area contributed by atoms with Gasteiger partial charge in [-0.25, -0.2) is 0 Å². The van der Waals surface area contributed by atoms with E-state index >= 15 is 0 Å². The van der Waals surface area contributed by atoms with E-state index in [1.54, 1.807) is 13.2 Å². The van der Waals surface area contributed by atoms with Crippen LogP contribution in [0, 0.1) is 0 Å². The lowest BCUT2D eigenvalue weighted by atomic mass is 10.0. The number of methoxy groups -OCH3 is 1. The predicted octanol–water partition coefficient (Wildman–Crippen LogP) is 6.29. The molecule has 0 aliphatic heterocycles. The monoisotopic (exact) mass is 392 g/mol. The summed E-state index contributed by atoms with van der Waals surface area (Å²) in [5, 5.41) is 0.932. The van der Waals surface area contributed by atoms with Gasteiger partial charge in [0.2, 0.25) is 0 Å². The lowest BCUT2D eigenvalue weighted by Crippen LogP contribution is -1.98. The standard InChI is InChI=1S/C15H12BrCl3O/c1-20-10-3-4-11(12(16)8-10)14(18)6-9-2-5-13(17)15(19)7-9/h2-5,7-8,14H,6H2,1H3. The third-order valence-corrected chi connectivity index (χ3v) is 4.76. The Bertz CT molecular complexity index is 616. The summed E-state index contributed by atoms with van der Waals surface area (Å²) in [5.41, 5.74) is 2.06. The Hall–Kier alpha value is -0.410. The first kappa shape index (κ1) is 16.0. The van der Waals surface area contributed by atoms with E-state index in [2.05, 4.69) is 15.9 Å². The molecule has 0 amide bonds. The molecule has 0 aliphatic carbocycles. The topological polar surface area (TPSA) is 9.23 Å². The maximum absolute atomic E-state index is 6.49. The van der Waals surface area contributed by atoms with Crippen molar-refractivity contribution in [2.75, 3.05) is 7.11 Å². The first-order valence-electron chi connectivity index (χ1n) is 5.92. The normalized spacial score (nSPS) is 12.2. The maximum atomic E-state index is 6.49. The van der Waals surface area contributed by atoms with Crippen LogP contribution in [-0.4, -0.2) is 7.11 Å². The molecule has 0 N–H and O–H groups in total. The molecule has 2 aromatic carbocycles. The van der Waals surface area contributed by atoms with Crippen molar-refractivity contribution in [3.05, 3.63) is 62.0 Å². The highest BCUT2D eigenvalue weighted by molar-refractivity contribution is 9.10. The van der Waals surface area contributed by atoms with Gasteiger partial charge in [-0.15, -0.1) is 11.6 Å². The molecule has 0 spiro atoms. The van der Waals surface area contributed by atoms with Crippen LogP contribution >= 0.6 is 50.7 Å². The van der Waals surface area contributed by atoms with E-state index in [0.717, 1.165) is 21.3 Å². The van der Waals surface area contributed by atoms with Gasteiger partial charge in [0.15, 0.2) is 0 Å². The van der Waals surface area contributed by atoms with E-state index in [4.69, 9.17) is 39.5 Å². The number of hydrogen-bond acceptors (Lipinski definition) is 1. The quantitative estimate of drug-likeness (QED) is 0.554. The average molecular weight is 395 g/mol. The maximum Gasteiger partial charge on any atom is 0.120 e. The second-order valence-electron chi connectivity index (χ2n) is 4.31. The summed E-state index contributed by atoms with van der Waals surface area (Å²) >= 11 is 21.9. The number of benzene rings is 2. The molecule has 0 saturated heterocycles. The minimum Gasteiger partial charge on any atom is -0.497 e. The molecular weight excluding hydrogens is 382 g/mol. The molecule has 0 aromatic heterocycles. The molecule has 2 aromatic rings. The molecule has 0 fully saturated rings. The van der Waals surface area contributed by atoms with E-state index in [0.29, 0.717) is 16.5 Å². The van der Waals surface area contributed by atoms with Crippen LogP contribution in [0.1, 0.15) is 16.5 Å². The van der Waals surface area contributed by atoms with Crippen LogP contribution in [0.4, 0.5) is 0 Å². The van der Waals surface area contributed by atoms with Gasteiger partial charge >= 0.3 is 0 Å². The number of hydrogen-bond donors (Lipinski definition) is 0. The summed E-state index contributed by atoms with van der Waals surface area (Å²) in [5.74, 6) is 0.791. The number of ether oxygens (including phenoxy) is 1. The average Bonchev–Trinajstić information content (AvgIpc) is 2.42. The van der Waals surface area contributed by atoms with Gasteiger partial charge in [-0.2, -0.15) is 0 Å². The van der Waals surface area contributed by atoms with E-state index in [-0.39, 0.29) is 5.38 Å². The minimum atomic E-state index is -0.160. The van der Waals surface area contributed by atoms with Crippen molar-refractivity contribution >= 4 is 50.7 Å². The van der Waals surface area contributed by atoms with Gasteiger partial charge in [0, 0.05) is 4.47 Å². The Labute approximate surface area is 141 Å². The summed E-state index contributed by atoms with van der Waals surface area (Å²) in [6.07, 6.45) is 0.670. The van der Waals surface area contributed by atoms with Gasteiger partial charge in [-0.3, -0.25) is 0 Å². The van der Waals surface area contributed by atoms with E-state index in [1.807, 2.05) is 30.3 Å². The highest BCUT2D eigenvalue weighted by Crippen LogP contribution is 2.34. The molecule has 0 heterocycles. The van der Waals surface area contributed by atoms with Crippen LogP contribution in [0.15, 0.2) is 40.9 Å². The van der Waals surface area contributed by atoms with Crippen molar-refractivity contribution in [3.63, 3.8) is 0 Å². The van der Waals surface area contributed by atoms with Crippen molar-refractivity contribution in [1.82, 2.24) is 0 Å². The molecule has 2 rings (SSSR count). The predicted molar refractivity (Wildman–Crippen MR) is 89.5 cm³/mol. The number of rotatable bonds is 4. The first-order valence-corrected chi connectivity index (χ1v) is 7.91. The van der Waals surface area contributed by atoms with Crippen LogP contribution < -0.4 is 4.74 Å². The lowest BCUT2D eigenvalue weighted by Gasteiger charge is -2.13. The van der Waals surface area contributed by atoms with Gasteiger partial charge < -0.3 is 4.74 Å². The van der Waals surface area contributed by atoms with Crippen LogP contribution in [0.2, 0.25) is 10.0 Å². The molecule has 0 bridgehead atoms. The van der Waals surface area contributed by atoms with E-state index < -0.39 is 0 Å². The van der Waals surface area contributed by atoms with Gasteiger partial charge in [0.25, 0.3) is 0 Å². The van der Waals surface area contributed by atoms with Crippen LogP contribution in [-0.2, 0) is 6.42 Å². The fourth-order valence-corrected chi connectivity index (χ4v) is 3.33. The Morgan fingerprint density at radius 1 is 1.10 bits per heavy atom. The SMILES string of the molecule is COc1ccc(C(Cl)Cc2ccc(Cl)c(Cl)c2)c(Br)c1. The van der Waals surface area contributed by atoms with Crippen LogP contribution in [0.5, 0.6) is 5.75 Å². The molecule has 1 atom stereocenters. The highest BCUT2D eigenvalue weighted by Gasteiger charge is 2.14. The zero-order valence-corrected chi connectivity index (χ0v) is 14.5. The highest BCUT2D eigenvalue weighted by atomic mass is 79.9. The Kier molecular flexibility index (Phi) is 5.62. The van der Waals surface area contributed by atoms with Crippen molar-refractivity contribution in [2.45, 2.75) is 11.8 Å². The molecule has 0 radical (unpaired) electrons. The van der Waals surface area contributed by atoms with Gasteiger partial charge in [-0.05, 0) is 41.8 Å². The van der Waals surface area contributed by atoms with Crippen molar-refractivity contribution in [3.8, 4) is 5.75 Å². The second-order valence-corrected chi connectivity index (χ2v) is 6.50. The van der Waals surface area contributed by atoms with E-state index in [9.17, 15) is 0 Å². The largest absolute Gasteiger partial charge is 0.497 e. The summed E-state index contributed by atoms with van der Waals surface area (Å²) in [6, 6.07) is 11.3. The summed E-state index contributed by atoms with van der Waals surface area (Å²) in [4.78, 5) is 0. The van der Waals surface area contributed by atoms with Gasteiger partial charge in [0.1, 0.15) is 5.75 Å². The molecule has 1 nitrogen and oxygen atoms in total. The minimum absolute atomic E-state index is 0.160. The second kappa shape index (κ2) is 7.04. The van der Waals surface area contributed by atoms with Crippen molar-refractivity contribution in [2.24, 2.45) is 0 Å². The molecular formula is C15H12BrCl3O. The molecule has 0 saturated carbocycles. The summed E-state index contributed by atoms with van der Waals surface area (Å²) in [6.45, 7) is 0. The fourth-order valence-electron chi connectivity index (χ4n) is 1.87. The molecule has 0 aliphatic rings. The Morgan fingerprint density at radius 3 is 2.45 bits per heavy atom. The molecule has 5 heteroatoms. The fraction of sp³-hybridized carbons (Fsp3) is 0.200. The first-order chi connectivity index (χ1) is 9.51. The van der Waals surface area contributed by atoms with Crippen molar-refractivity contribution in [1.29, 1.82) is 0 Å². The van der Waals surface area contributed by atoms with Gasteiger partial charge in [0.05, 0.1) is 22.5 Å². The molecule has 106 valence electrons. The third-order valence-electron chi connectivity index (χ3n) is 2.94. The zero-order valence-electron chi connectivity index (χ0n) is 10.7. The zero-order chi connectivity index (χ0) is 14.7. The lowest BCUT2D eigenvalue weighted by molar-refractivity contribution is 0.414. The smallest absolute Gasteiger partial charge is 0.120 e. The number of halogens is 4. The summed E-state index contributed by atoms with van der Waals surface area (Å²) < 4.78 is 6.10. The molecule has 20 heavy (non-hydrogen) atoms. The third kappa shape index (κ3) is 3.82. The Balaban J connectivity index is 2.19.